The molecular formula is C16H10N4O3S2. The summed E-state index contributed by atoms with van der Waals surface area (Å²) in [7, 11) is 0. The first-order valence-corrected chi connectivity index (χ1v) is 9.23. The van der Waals surface area contributed by atoms with Crippen molar-refractivity contribution < 1.29 is 9.72 Å². The Morgan fingerprint density at radius 1 is 1.28 bits per heavy atom. The molecule has 2 heterocycles. The van der Waals surface area contributed by atoms with E-state index >= 15 is 0 Å². The molecule has 1 N–H and O–H groups in total. The normalized spacial score (nSPS) is 14.8. The number of nitrogens with one attached hydrogen (secondary N) is 1. The summed E-state index contributed by atoms with van der Waals surface area (Å²) in [6.45, 7) is 0. The minimum atomic E-state index is -0.492. The number of benzene rings is 2. The van der Waals surface area contributed by atoms with E-state index in [1.807, 2.05) is 18.4 Å². The third-order valence-electron chi connectivity index (χ3n) is 3.70. The van der Waals surface area contributed by atoms with Crippen LogP contribution in [0.3, 0.4) is 0 Å². The Kier molecular flexibility index (Phi) is 3.74. The van der Waals surface area contributed by atoms with E-state index in [-0.39, 0.29) is 17.3 Å². The topological polar surface area (TPSA) is 97.5 Å². The molecule has 0 spiro atoms. The number of non-ortho nitro benzene ring substituents is 1. The van der Waals surface area contributed by atoms with Crippen LogP contribution in [0, 0.1) is 10.1 Å². The smallest absolute Gasteiger partial charge is 0.275 e. The summed E-state index contributed by atoms with van der Waals surface area (Å²) in [6.07, 6.45) is 1.96. The van der Waals surface area contributed by atoms with Gasteiger partial charge in [0.15, 0.2) is 4.34 Å². The van der Waals surface area contributed by atoms with Gasteiger partial charge < -0.3 is 5.32 Å². The van der Waals surface area contributed by atoms with Crippen LogP contribution in [-0.4, -0.2) is 27.8 Å². The van der Waals surface area contributed by atoms with Gasteiger partial charge in [-0.15, -0.1) is 11.3 Å². The summed E-state index contributed by atoms with van der Waals surface area (Å²) in [6, 6.07) is 9.74. The highest BCUT2D eigenvalue weighted by atomic mass is 32.2. The molecule has 1 amide bonds. The number of thioether (sulfide) groups is 1. The van der Waals surface area contributed by atoms with E-state index in [9.17, 15) is 14.9 Å². The molecule has 124 valence electrons. The fourth-order valence-corrected chi connectivity index (χ4v) is 4.07. The number of nitro groups is 1. The van der Waals surface area contributed by atoms with Gasteiger partial charge in [0.1, 0.15) is 5.71 Å². The predicted octanol–water partition coefficient (Wildman–Crippen LogP) is 4.00. The van der Waals surface area contributed by atoms with Crippen LogP contribution in [0.4, 0.5) is 17.1 Å². The van der Waals surface area contributed by atoms with Crippen molar-refractivity contribution in [3.05, 3.63) is 52.1 Å². The zero-order valence-corrected chi connectivity index (χ0v) is 14.5. The van der Waals surface area contributed by atoms with Gasteiger partial charge in [0.2, 0.25) is 0 Å². The number of anilines is 1. The van der Waals surface area contributed by atoms with Crippen molar-refractivity contribution in [3.8, 4) is 0 Å². The van der Waals surface area contributed by atoms with E-state index in [0.717, 1.165) is 14.6 Å². The van der Waals surface area contributed by atoms with Gasteiger partial charge in [-0.3, -0.25) is 14.9 Å². The number of carbonyl (C=O) groups excluding carboxylic acids is 1. The van der Waals surface area contributed by atoms with Crippen molar-refractivity contribution in [3.63, 3.8) is 0 Å². The van der Waals surface area contributed by atoms with Crippen molar-refractivity contribution in [2.75, 3.05) is 11.6 Å². The van der Waals surface area contributed by atoms with Gasteiger partial charge in [0, 0.05) is 17.7 Å². The highest BCUT2D eigenvalue weighted by Gasteiger charge is 2.28. The number of rotatable bonds is 3. The van der Waals surface area contributed by atoms with Gasteiger partial charge >= 0.3 is 0 Å². The first kappa shape index (κ1) is 15.7. The number of amides is 1. The molecule has 4 rings (SSSR count). The van der Waals surface area contributed by atoms with Crippen LogP contribution in [0.25, 0.3) is 10.2 Å². The van der Waals surface area contributed by atoms with E-state index in [1.165, 1.54) is 18.2 Å². The summed E-state index contributed by atoms with van der Waals surface area (Å²) in [5.41, 5.74) is 2.54. The number of nitro benzene ring substituents is 1. The zero-order valence-electron chi connectivity index (χ0n) is 12.8. The monoisotopic (exact) mass is 370 g/mol. The SMILES string of the molecule is CSc1nc2ccc(N=C3C(=O)Nc4ccc([N+](=O)[O-])cc43)cc2s1. The predicted molar refractivity (Wildman–Crippen MR) is 99.3 cm³/mol. The largest absolute Gasteiger partial charge is 0.320 e. The third-order valence-corrected chi connectivity index (χ3v) is 5.70. The van der Waals surface area contributed by atoms with Gasteiger partial charge in [-0.25, -0.2) is 9.98 Å². The standard InChI is InChI=1S/C16H10N4O3S2/c1-24-16-19-12-4-2-8(6-13(12)25-16)17-14-10-7-9(20(22)23)3-5-11(10)18-15(14)21/h2-7H,1H3,(H,17,18,21). The Morgan fingerprint density at radius 3 is 2.88 bits per heavy atom. The fourth-order valence-electron chi connectivity index (χ4n) is 2.54. The van der Waals surface area contributed by atoms with E-state index in [0.29, 0.717) is 16.9 Å². The maximum atomic E-state index is 12.2. The Morgan fingerprint density at radius 2 is 2.12 bits per heavy atom. The lowest BCUT2D eigenvalue weighted by Gasteiger charge is -1.99. The first-order chi connectivity index (χ1) is 12.0. The molecule has 0 unspecified atom stereocenters. The van der Waals surface area contributed by atoms with Crippen LogP contribution in [0.1, 0.15) is 5.56 Å². The number of thiazole rings is 1. The molecule has 0 saturated heterocycles. The molecule has 1 aromatic heterocycles. The molecule has 0 radical (unpaired) electrons. The van der Waals surface area contributed by atoms with Crippen molar-refractivity contribution in [1.82, 2.24) is 4.98 Å². The number of aromatic nitrogens is 1. The highest BCUT2D eigenvalue weighted by molar-refractivity contribution is 8.00. The Labute approximate surface area is 150 Å². The molecule has 1 aliphatic rings. The number of hydrogen-bond donors (Lipinski definition) is 1. The molecule has 0 bridgehead atoms. The molecule has 0 aliphatic carbocycles. The van der Waals surface area contributed by atoms with Gasteiger partial charge in [-0.2, -0.15) is 0 Å². The minimum absolute atomic E-state index is 0.0783. The molecule has 25 heavy (non-hydrogen) atoms. The summed E-state index contributed by atoms with van der Waals surface area (Å²) < 4.78 is 1.93. The Balaban J connectivity index is 1.80. The molecule has 9 heteroatoms. The van der Waals surface area contributed by atoms with Crippen LogP contribution in [0.5, 0.6) is 0 Å². The Bertz CT molecular complexity index is 1070. The van der Waals surface area contributed by atoms with Crippen LogP contribution >= 0.6 is 23.1 Å². The molecule has 1 aliphatic heterocycles. The quantitative estimate of drug-likeness (QED) is 0.427. The van der Waals surface area contributed by atoms with Gasteiger partial charge in [0.05, 0.1) is 26.5 Å². The zero-order chi connectivity index (χ0) is 17.6. The number of nitrogens with zero attached hydrogens (tertiary/aromatic N) is 3. The maximum Gasteiger partial charge on any atom is 0.275 e. The number of fused-ring (bicyclic) bond motifs is 2. The number of hydrogen-bond acceptors (Lipinski definition) is 7. The van der Waals surface area contributed by atoms with Gasteiger partial charge in [-0.1, -0.05) is 11.8 Å². The first-order valence-electron chi connectivity index (χ1n) is 7.18. The maximum absolute atomic E-state index is 12.2. The molecule has 0 fully saturated rings. The lowest BCUT2D eigenvalue weighted by molar-refractivity contribution is -0.384. The summed E-state index contributed by atoms with van der Waals surface area (Å²) >= 11 is 3.13. The van der Waals surface area contributed by atoms with Gasteiger partial charge in [-0.05, 0) is 30.5 Å². The van der Waals surface area contributed by atoms with E-state index in [2.05, 4.69) is 15.3 Å². The van der Waals surface area contributed by atoms with Crippen molar-refractivity contribution in [1.29, 1.82) is 0 Å². The summed E-state index contributed by atoms with van der Waals surface area (Å²) in [5.74, 6) is -0.371. The van der Waals surface area contributed by atoms with Crippen LogP contribution in [0.2, 0.25) is 0 Å². The molecule has 3 aromatic rings. The summed E-state index contributed by atoms with van der Waals surface area (Å²) in [4.78, 5) is 31.6. The second-order valence-electron chi connectivity index (χ2n) is 5.24. The second kappa shape index (κ2) is 5.94. The molecule has 0 saturated carbocycles. The lowest BCUT2D eigenvalue weighted by Crippen LogP contribution is -2.13. The Hall–Kier alpha value is -2.78. The second-order valence-corrected chi connectivity index (χ2v) is 7.32. The highest BCUT2D eigenvalue weighted by Crippen LogP contribution is 2.33. The van der Waals surface area contributed by atoms with Crippen molar-refractivity contribution in [2.24, 2.45) is 4.99 Å². The van der Waals surface area contributed by atoms with E-state index in [4.69, 9.17) is 0 Å². The van der Waals surface area contributed by atoms with E-state index in [1.54, 1.807) is 29.2 Å². The lowest BCUT2D eigenvalue weighted by atomic mass is 10.1. The fraction of sp³-hybridized carbons (Fsp3) is 0.0625. The van der Waals surface area contributed by atoms with Crippen LogP contribution < -0.4 is 5.32 Å². The van der Waals surface area contributed by atoms with Crippen molar-refractivity contribution >= 4 is 62.0 Å². The van der Waals surface area contributed by atoms with E-state index < -0.39 is 4.92 Å². The van der Waals surface area contributed by atoms with Crippen LogP contribution in [0.15, 0.2) is 45.7 Å². The number of aliphatic imine (C=N–C) groups is 1. The molecular weight excluding hydrogens is 360 g/mol. The molecule has 0 atom stereocenters. The average molecular weight is 370 g/mol. The van der Waals surface area contributed by atoms with Crippen molar-refractivity contribution in [2.45, 2.75) is 4.34 Å². The minimum Gasteiger partial charge on any atom is -0.320 e. The number of carbonyl (C=O) groups is 1. The molecule has 7 nitrogen and oxygen atoms in total. The van der Waals surface area contributed by atoms with Gasteiger partial charge in [0.25, 0.3) is 11.6 Å². The molecule has 2 aromatic carbocycles. The van der Waals surface area contributed by atoms with Crippen LogP contribution in [-0.2, 0) is 4.79 Å². The average Bonchev–Trinajstić information content (AvgIpc) is 3.15. The third kappa shape index (κ3) is 2.77. The summed E-state index contributed by atoms with van der Waals surface area (Å²) in [5, 5.41) is 13.7.